The molecular formula is C22H34F3NO. The monoisotopic (exact) mass is 385 g/mol. The molecule has 0 aliphatic heterocycles. The highest BCUT2D eigenvalue weighted by molar-refractivity contribution is 5.86. The lowest BCUT2D eigenvalue weighted by molar-refractivity contribution is -0.137. The van der Waals surface area contributed by atoms with Gasteiger partial charge in [0.1, 0.15) is 0 Å². The summed E-state index contributed by atoms with van der Waals surface area (Å²) in [4.78, 5) is 15.1. The third-order valence-corrected chi connectivity index (χ3v) is 4.87. The second-order valence-corrected chi connectivity index (χ2v) is 8.34. The molecule has 0 amide bonds. The number of halogens is 3. The first-order chi connectivity index (χ1) is 12.4. The lowest BCUT2D eigenvalue weighted by Gasteiger charge is -2.35. The van der Waals surface area contributed by atoms with Gasteiger partial charge in [-0.05, 0) is 63.3 Å². The molecule has 27 heavy (non-hydrogen) atoms. The van der Waals surface area contributed by atoms with Crippen molar-refractivity contribution in [2.75, 3.05) is 6.54 Å². The zero-order valence-corrected chi connectivity index (χ0v) is 17.4. The Bertz CT molecular complexity index is 576. The van der Waals surface area contributed by atoms with Gasteiger partial charge in [-0.2, -0.15) is 13.2 Å². The van der Waals surface area contributed by atoms with Crippen LogP contribution in [0.1, 0.15) is 65.5 Å². The van der Waals surface area contributed by atoms with Gasteiger partial charge in [-0.15, -0.1) is 0 Å². The fourth-order valence-electron chi connectivity index (χ4n) is 3.28. The third-order valence-electron chi connectivity index (χ3n) is 4.87. The number of alkyl halides is 3. The normalized spacial score (nSPS) is 13.8. The van der Waals surface area contributed by atoms with Crippen LogP contribution in [0.2, 0.25) is 0 Å². The van der Waals surface area contributed by atoms with E-state index in [0.29, 0.717) is 12.3 Å². The highest BCUT2D eigenvalue weighted by Crippen LogP contribution is 2.29. The molecule has 0 saturated carbocycles. The number of hydrogen-bond acceptors (Lipinski definition) is 2. The summed E-state index contributed by atoms with van der Waals surface area (Å²) < 4.78 is 38.4. The van der Waals surface area contributed by atoms with Gasteiger partial charge in [0.15, 0.2) is 5.78 Å². The molecule has 0 spiro atoms. The second kappa shape index (κ2) is 10.3. The molecule has 1 aromatic rings. The zero-order valence-electron chi connectivity index (χ0n) is 17.4. The van der Waals surface area contributed by atoms with Gasteiger partial charge in [0.25, 0.3) is 0 Å². The van der Waals surface area contributed by atoms with Crippen LogP contribution >= 0.6 is 0 Å². The van der Waals surface area contributed by atoms with Crippen LogP contribution in [0.5, 0.6) is 0 Å². The molecule has 1 atom stereocenters. The van der Waals surface area contributed by atoms with Crippen LogP contribution in [0.4, 0.5) is 13.2 Å². The Labute approximate surface area is 162 Å². The molecule has 0 fully saturated rings. The van der Waals surface area contributed by atoms with Crippen molar-refractivity contribution in [2.24, 2.45) is 11.8 Å². The van der Waals surface area contributed by atoms with E-state index in [1.807, 2.05) is 13.8 Å². The quantitative estimate of drug-likeness (QED) is 0.493. The van der Waals surface area contributed by atoms with Crippen molar-refractivity contribution in [1.82, 2.24) is 4.90 Å². The molecule has 1 aromatic carbocycles. The van der Waals surface area contributed by atoms with Crippen molar-refractivity contribution >= 4 is 5.78 Å². The van der Waals surface area contributed by atoms with Gasteiger partial charge < -0.3 is 0 Å². The van der Waals surface area contributed by atoms with E-state index in [4.69, 9.17) is 0 Å². The largest absolute Gasteiger partial charge is 0.416 e. The van der Waals surface area contributed by atoms with Crippen LogP contribution in [0.3, 0.4) is 0 Å². The highest BCUT2D eigenvalue weighted by Gasteiger charge is 2.32. The van der Waals surface area contributed by atoms with E-state index in [0.717, 1.165) is 37.1 Å². The summed E-state index contributed by atoms with van der Waals surface area (Å²) in [6.07, 6.45) is -1.81. The minimum atomic E-state index is -4.34. The fourth-order valence-corrected chi connectivity index (χ4v) is 3.28. The number of carbonyl (C=O) groups is 1. The molecule has 2 nitrogen and oxygen atoms in total. The van der Waals surface area contributed by atoms with Crippen molar-refractivity contribution in [2.45, 2.75) is 79.1 Å². The van der Waals surface area contributed by atoms with Gasteiger partial charge in [-0.3, -0.25) is 9.69 Å². The van der Waals surface area contributed by atoms with Crippen LogP contribution in [0.15, 0.2) is 24.3 Å². The molecule has 0 aliphatic carbocycles. The van der Waals surface area contributed by atoms with Crippen molar-refractivity contribution in [1.29, 1.82) is 0 Å². The Kier molecular flexibility index (Phi) is 9.00. The average Bonchev–Trinajstić information content (AvgIpc) is 2.55. The van der Waals surface area contributed by atoms with Crippen LogP contribution in [-0.4, -0.2) is 29.3 Å². The number of ketones is 1. The molecule has 0 heterocycles. The van der Waals surface area contributed by atoms with E-state index in [1.165, 1.54) is 12.1 Å². The van der Waals surface area contributed by atoms with Crippen molar-refractivity contribution in [3.05, 3.63) is 35.4 Å². The Morgan fingerprint density at radius 2 is 1.56 bits per heavy atom. The summed E-state index contributed by atoms with van der Waals surface area (Å²) in [5.74, 6) is 0.636. The third kappa shape index (κ3) is 7.65. The van der Waals surface area contributed by atoms with Crippen molar-refractivity contribution in [3.8, 4) is 0 Å². The molecule has 154 valence electrons. The molecule has 0 unspecified atom stereocenters. The number of carbonyl (C=O) groups excluding carboxylic acids is 1. The minimum Gasteiger partial charge on any atom is -0.298 e. The van der Waals surface area contributed by atoms with Crippen LogP contribution in [0.25, 0.3) is 0 Å². The number of hydrogen-bond donors (Lipinski definition) is 0. The van der Waals surface area contributed by atoms with Gasteiger partial charge in [0, 0.05) is 12.0 Å². The number of Topliss-reactive ketones (excluding diaryl/α,β-unsaturated/α-hetero) is 1. The van der Waals surface area contributed by atoms with Crippen LogP contribution < -0.4 is 0 Å². The van der Waals surface area contributed by atoms with Gasteiger partial charge in [-0.1, -0.05) is 39.8 Å². The van der Waals surface area contributed by atoms with Crippen LogP contribution in [0, 0.1) is 11.8 Å². The van der Waals surface area contributed by atoms with Crippen LogP contribution in [-0.2, 0) is 17.4 Å². The van der Waals surface area contributed by atoms with E-state index < -0.39 is 11.7 Å². The van der Waals surface area contributed by atoms with E-state index >= 15 is 0 Å². The van der Waals surface area contributed by atoms with E-state index in [-0.39, 0.29) is 23.8 Å². The first-order valence-corrected chi connectivity index (χ1v) is 9.89. The predicted molar refractivity (Wildman–Crippen MR) is 105 cm³/mol. The van der Waals surface area contributed by atoms with Crippen molar-refractivity contribution in [3.63, 3.8) is 0 Å². The summed E-state index contributed by atoms with van der Waals surface area (Å²) in [5, 5.41) is 0. The Balaban J connectivity index is 3.03. The zero-order chi connectivity index (χ0) is 20.8. The molecule has 0 bridgehead atoms. The molecule has 0 aliphatic rings. The Morgan fingerprint density at radius 1 is 1.00 bits per heavy atom. The maximum absolute atomic E-state index is 12.9. The molecule has 5 heteroatoms. The predicted octanol–water partition coefficient (Wildman–Crippen LogP) is 5.99. The number of nitrogens with zero attached hydrogens (tertiary/aromatic N) is 1. The van der Waals surface area contributed by atoms with Gasteiger partial charge in [0.05, 0.1) is 11.6 Å². The molecule has 0 saturated heterocycles. The molecular weight excluding hydrogens is 351 g/mol. The van der Waals surface area contributed by atoms with E-state index in [9.17, 15) is 18.0 Å². The lowest BCUT2D eigenvalue weighted by atomic mass is 9.92. The molecule has 1 rings (SSSR count). The summed E-state index contributed by atoms with van der Waals surface area (Å²) in [6.45, 7) is 13.1. The lowest BCUT2D eigenvalue weighted by Crippen LogP contribution is -2.48. The second-order valence-electron chi connectivity index (χ2n) is 8.34. The van der Waals surface area contributed by atoms with E-state index in [2.05, 4.69) is 32.6 Å². The van der Waals surface area contributed by atoms with Gasteiger partial charge >= 0.3 is 6.18 Å². The fraction of sp³-hybridized carbons (Fsp3) is 0.682. The molecule has 0 N–H and O–H groups in total. The summed E-state index contributed by atoms with van der Waals surface area (Å²) in [5.41, 5.74) is 0.104. The molecule has 0 radical (unpaired) electrons. The summed E-state index contributed by atoms with van der Waals surface area (Å²) in [7, 11) is 0. The maximum atomic E-state index is 12.9. The number of rotatable bonds is 10. The maximum Gasteiger partial charge on any atom is 0.416 e. The Hall–Kier alpha value is -1.36. The summed E-state index contributed by atoms with van der Waals surface area (Å²) in [6, 6.07) is 5.08. The summed E-state index contributed by atoms with van der Waals surface area (Å²) >= 11 is 0. The number of benzene rings is 1. The standard InChI is InChI=1S/C22H34F3NO/c1-15(2)8-7-13-26(17(5)6)20(21(27)16(3)4)14-18-9-11-19(12-10-18)22(23,24)25/h9-12,15-17,20H,7-8,13-14H2,1-6H3/t20-/m0/s1. The smallest absolute Gasteiger partial charge is 0.298 e. The van der Waals surface area contributed by atoms with Gasteiger partial charge in [0.2, 0.25) is 0 Å². The van der Waals surface area contributed by atoms with Crippen molar-refractivity contribution < 1.29 is 18.0 Å². The average molecular weight is 386 g/mol. The molecule has 0 aromatic heterocycles. The topological polar surface area (TPSA) is 20.3 Å². The first kappa shape index (κ1) is 23.7. The van der Waals surface area contributed by atoms with Gasteiger partial charge in [-0.25, -0.2) is 0 Å². The van der Waals surface area contributed by atoms with E-state index in [1.54, 1.807) is 0 Å². The SMILES string of the molecule is CC(C)CCCN(C(C)C)[C@@H](Cc1ccc(C(F)(F)F)cc1)C(=O)C(C)C. The highest BCUT2D eigenvalue weighted by atomic mass is 19.4. The Morgan fingerprint density at radius 3 is 1.96 bits per heavy atom. The minimum absolute atomic E-state index is 0.115. The first-order valence-electron chi connectivity index (χ1n) is 9.89.